The molecule has 2 saturated heterocycles. The lowest BCUT2D eigenvalue weighted by molar-refractivity contribution is -0.274. The van der Waals surface area contributed by atoms with Crippen LogP contribution in [0.2, 0.25) is 0 Å². The number of fused-ring (bicyclic) bond motifs is 3. The molecule has 1 N–H and O–H groups in total. The number of benzene rings is 2. The Morgan fingerprint density at radius 1 is 1.11 bits per heavy atom. The van der Waals surface area contributed by atoms with E-state index < -0.39 is 12.3 Å². The number of ether oxygens (including phenoxy) is 1. The van der Waals surface area contributed by atoms with Crippen LogP contribution in [0.5, 0.6) is 5.75 Å². The average molecular weight is 639 g/mol. The minimum absolute atomic E-state index is 0.119. The molecule has 4 aliphatic rings. The molecule has 2 aliphatic heterocycles. The molecular weight excluding hydrogens is 605 g/mol. The summed E-state index contributed by atoms with van der Waals surface area (Å²) in [7, 11) is 2.10. The zero-order valence-electron chi connectivity index (χ0n) is 24.7. The van der Waals surface area contributed by atoms with E-state index in [1.807, 2.05) is 6.07 Å². The number of rotatable bonds is 8. The summed E-state index contributed by atoms with van der Waals surface area (Å²) in [4.78, 5) is 16.4. The zero-order chi connectivity index (χ0) is 31.1. The number of nitrogens with zero attached hydrogens (tertiary/aromatic N) is 4. The Balaban J connectivity index is 0.976. The molecular formula is C33H33F3N4O4S. The monoisotopic (exact) mass is 638 g/mol. The number of aromatic nitrogens is 2. The van der Waals surface area contributed by atoms with Crippen molar-refractivity contribution in [1.29, 1.82) is 0 Å². The van der Waals surface area contributed by atoms with Crippen LogP contribution >= 0.6 is 11.5 Å². The SMILES string of the molecule is CN(Cc1c(-c2ccccc2OC(F)(F)F)noc1C1CC1)C1CC2(C1)CC1CCC(C2)N1c1ccc2c(C(=O)O)nsc2c1. The number of alkyl halides is 3. The number of para-hydroxylation sites is 1. The van der Waals surface area contributed by atoms with Crippen LogP contribution in [-0.4, -0.2) is 57.0 Å². The number of carboxylic acid groups (broad SMARTS) is 1. The predicted octanol–water partition coefficient (Wildman–Crippen LogP) is 7.84. The normalized spacial score (nSPS) is 26.2. The lowest BCUT2D eigenvalue weighted by Crippen LogP contribution is -2.57. The molecule has 0 amide bonds. The first-order valence-electron chi connectivity index (χ1n) is 15.5. The molecule has 4 heterocycles. The summed E-state index contributed by atoms with van der Waals surface area (Å²) in [6.45, 7) is 0.554. The summed E-state index contributed by atoms with van der Waals surface area (Å²) >= 11 is 1.24. The fourth-order valence-corrected chi connectivity index (χ4v) is 9.10. The Bertz CT molecular complexity index is 1760. The number of aromatic carboxylic acids is 1. The van der Waals surface area contributed by atoms with Gasteiger partial charge in [0.15, 0.2) is 5.69 Å². The van der Waals surface area contributed by atoms with Crippen LogP contribution in [0.4, 0.5) is 18.9 Å². The van der Waals surface area contributed by atoms with E-state index in [4.69, 9.17) is 4.52 Å². The van der Waals surface area contributed by atoms with Gasteiger partial charge in [0.1, 0.15) is 17.2 Å². The quantitative estimate of drug-likeness (QED) is 0.209. The lowest BCUT2D eigenvalue weighted by Gasteiger charge is -2.57. The molecule has 2 saturated carbocycles. The van der Waals surface area contributed by atoms with Crippen LogP contribution in [0.25, 0.3) is 21.3 Å². The second-order valence-corrected chi connectivity index (χ2v) is 14.2. The number of anilines is 1. The van der Waals surface area contributed by atoms with Crippen molar-refractivity contribution >= 4 is 33.3 Å². The molecule has 45 heavy (non-hydrogen) atoms. The van der Waals surface area contributed by atoms with Crippen LogP contribution in [0.1, 0.15) is 79.1 Å². The van der Waals surface area contributed by atoms with Gasteiger partial charge < -0.3 is 19.3 Å². The molecule has 4 fully saturated rings. The number of hydrogen-bond acceptors (Lipinski definition) is 8. The first-order valence-corrected chi connectivity index (χ1v) is 16.3. The van der Waals surface area contributed by atoms with Gasteiger partial charge in [-0.2, -0.15) is 4.37 Å². The molecule has 2 atom stereocenters. The molecule has 8 nitrogen and oxygen atoms in total. The first kappa shape index (κ1) is 28.8. The maximum Gasteiger partial charge on any atom is 0.573 e. The largest absolute Gasteiger partial charge is 0.573 e. The highest BCUT2D eigenvalue weighted by Crippen LogP contribution is 2.58. The molecule has 2 unspecified atom stereocenters. The molecule has 2 bridgehead atoms. The van der Waals surface area contributed by atoms with Crippen molar-refractivity contribution in [3.05, 3.63) is 59.5 Å². The van der Waals surface area contributed by atoms with Gasteiger partial charge in [-0.3, -0.25) is 4.90 Å². The van der Waals surface area contributed by atoms with Crippen molar-refractivity contribution in [3.8, 4) is 17.0 Å². The standard InChI is InChI=1S/C33H33F3N4O4S/c1-39(17-25-28(37-44-30(25)18-6-7-18)23-4-2-3-5-26(23)43-33(34,35)36)22-15-32(16-22)13-20-8-9-21(14-32)40(20)19-10-11-24-27(12-19)45-38-29(24)31(41)42/h2-5,10-12,18,20-22H,6-9,13-17H2,1H3,(H,41,42). The third kappa shape index (κ3) is 5.15. The van der Waals surface area contributed by atoms with Crippen molar-refractivity contribution in [2.24, 2.45) is 5.41 Å². The van der Waals surface area contributed by atoms with Crippen molar-refractivity contribution in [1.82, 2.24) is 14.4 Å². The number of halogens is 3. The van der Waals surface area contributed by atoms with Crippen LogP contribution in [-0.2, 0) is 6.54 Å². The Hall–Kier alpha value is -3.64. The molecule has 12 heteroatoms. The predicted molar refractivity (Wildman–Crippen MR) is 163 cm³/mol. The van der Waals surface area contributed by atoms with Crippen molar-refractivity contribution in [2.45, 2.75) is 88.3 Å². The van der Waals surface area contributed by atoms with Gasteiger partial charge in [-0.15, -0.1) is 13.2 Å². The van der Waals surface area contributed by atoms with Crippen LogP contribution in [0.15, 0.2) is 47.0 Å². The number of piperidine rings is 1. The fourth-order valence-electron chi connectivity index (χ4n) is 8.30. The topological polar surface area (TPSA) is 91.9 Å². The Morgan fingerprint density at radius 3 is 2.53 bits per heavy atom. The van der Waals surface area contributed by atoms with Gasteiger partial charge in [-0.25, -0.2) is 4.79 Å². The Morgan fingerprint density at radius 2 is 1.84 bits per heavy atom. The van der Waals surface area contributed by atoms with E-state index in [9.17, 15) is 23.1 Å². The molecule has 2 aliphatic carbocycles. The van der Waals surface area contributed by atoms with E-state index in [1.54, 1.807) is 12.1 Å². The highest BCUT2D eigenvalue weighted by molar-refractivity contribution is 7.13. The van der Waals surface area contributed by atoms with Gasteiger partial charge in [0, 0.05) is 52.8 Å². The van der Waals surface area contributed by atoms with Gasteiger partial charge >= 0.3 is 12.3 Å². The molecule has 4 aromatic rings. The van der Waals surface area contributed by atoms with Crippen molar-refractivity contribution < 1.29 is 32.3 Å². The van der Waals surface area contributed by atoms with E-state index in [1.165, 1.54) is 23.7 Å². The van der Waals surface area contributed by atoms with Gasteiger partial charge in [-0.1, -0.05) is 17.3 Å². The third-order valence-corrected chi connectivity index (χ3v) is 11.2. The van der Waals surface area contributed by atoms with E-state index in [2.05, 4.69) is 43.2 Å². The van der Waals surface area contributed by atoms with Crippen LogP contribution < -0.4 is 9.64 Å². The summed E-state index contributed by atoms with van der Waals surface area (Å²) < 4.78 is 54.8. The van der Waals surface area contributed by atoms with Gasteiger partial charge in [0.05, 0.1) is 4.70 Å². The fraction of sp³-hybridized carbons (Fsp3) is 0.485. The highest BCUT2D eigenvalue weighted by atomic mass is 32.1. The summed E-state index contributed by atoms with van der Waals surface area (Å²) in [5, 5.41) is 14.4. The van der Waals surface area contributed by atoms with E-state index in [0.717, 1.165) is 73.1 Å². The molecule has 2 aromatic heterocycles. The van der Waals surface area contributed by atoms with E-state index >= 15 is 0 Å². The lowest BCUT2D eigenvalue weighted by atomic mass is 9.58. The number of carbonyl (C=O) groups is 1. The van der Waals surface area contributed by atoms with Crippen molar-refractivity contribution in [3.63, 3.8) is 0 Å². The molecule has 236 valence electrons. The number of hydrogen-bond donors (Lipinski definition) is 1. The Labute approximate surface area is 261 Å². The minimum atomic E-state index is -4.80. The third-order valence-electron chi connectivity index (χ3n) is 10.4. The van der Waals surface area contributed by atoms with E-state index in [-0.39, 0.29) is 22.8 Å². The van der Waals surface area contributed by atoms with E-state index in [0.29, 0.717) is 41.3 Å². The second-order valence-electron chi connectivity index (χ2n) is 13.4. The number of carboxylic acids is 1. The average Bonchev–Trinajstić information content (AvgIpc) is 3.49. The summed E-state index contributed by atoms with van der Waals surface area (Å²) in [5.74, 6) is -0.223. The Kier molecular flexibility index (Phi) is 6.69. The summed E-state index contributed by atoms with van der Waals surface area (Å²) in [6.07, 6.45) is 3.93. The van der Waals surface area contributed by atoms with Gasteiger partial charge in [0.25, 0.3) is 0 Å². The smallest absolute Gasteiger partial charge is 0.476 e. The summed E-state index contributed by atoms with van der Waals surface area (Å²) in [6, 6.07) is 13.5. The molecule has 8 rings (SSSR count). The van der Waals surface area contributed by atoms with Gasteiger partial charge in [0.2, 0.25) is 0 Å². The highest BCUT2D eigenvalue weighted by Gasteiger charge is 2.55. The van der Waals surface area contributed by atoms with Gasteiger partial charge in [-0.05, 0) is 106 Å². The zero-order valence-corrected chi connectivity index (χ0v) is 25.5. The maximum atomic E-state index is 13.2. The maximum absolute atomic E-state index is 13.2. The summed E-state index contributed by atoms with van der Waals surface area (Å²) in [5.41, 5.74) is 3.14. The second kappa shape index (κ2) is 10.4. The van der Waals surface area contributed by atoms with Crippen LogP contribution in [0, 0.1) is 5.41 Å². The first-order chi connectivity index (χ1) is 21.6. The molecule has 2 aromatic carbocycles. The van der Waals surface area contributed by atoms with Crippen molar-refractivity contribution in [2.75, 3.05) is 11.9 Å². The van der Waals surface area contributed by atoms with Crippen LogP contribution in [0.3, 0.4) is 0 Å². The molecule has 1 spiro atoms. The molecule has 0 radical (unpaired) electrons. The minimum Gasteiger partial charge on any atom is -0.476 e.